The minimum Gasteiger partial charge on any atom is -0.497 e. The van der Waals surface area contributed by atoms with Crippen molar-refractivity contribution in [2.75, 3.05) is 41.3 Å². The minimum absolute atomic E-state index is 0.0851. The number of fused-ring (bicyclic) bond motifs is 3. The average Bonchev–Trinajstić information content (AvgIpc) is 3.08. The molecule has 0 bridgehead atoms. The molecule has 7 nitrogen and oxygen atoms in total. The van der Waals surface area contributed by atoms with Gasteiger partial charge in [0, 0.05) is 11.5 Å². The number of rotatable bonds is 8. The smallest absolute Gasteiger partial charge is 0.338 e. The molecular formula is C28H28O7S. The number of benzene rings is 2. The second kappa shape index (κ2) is 11.0. The Morgan fingerprint density at radius 2 is 1.64 bits per heavy atom. The summed E-state index contributed by atoms with van der Waals surface area (Å²) in [6.07, 6.45) is 2.39. The van der Waals surface area contributed by atoms with Gasteiger partial charge in [0.2, 0.25) is 5.75 Å². The first-order valence-corrected chi connectivity index (χ1v) is 12.5. The number of carbonyl (C=O) groups excluding carboxylic acids is 1. The Morgan fingerprint density at radius 3 is 2.25 bits per heavy atom. The highest BCUT2D eigenvalue weighted by Crippen LogP contribution is 2.51. The fourth-order valence-electron chi connectivity index (χ4n) is 4.54. The second-order valence-electron chi connectivity index (χ2n) is 8.19. The topological polar surface area (TPSA) is 80.3 Å². The van der Waals surface area contributed by atoms with Crippen molar-refractivity contribution in [3.05, 3.63) is 75.4 Å². The Balaban J connectivity index is 1.79. The van der Waals surface area contributed by atoms with Crippen LogP contribution in [0, 0.1) is 0 Å². The van der Waals surface area contributed by atoms with Crippen LogP contribution in [0.15, 0.2) is 58.2 Å². The number of thioether (sulfide) groups is 1. The molecule has 0 saturated heterocycles. The van der Waals surface area contributed by atoms with E-state index in [0.717, 1.165) is 22.3 Å². The van der Waals surface area contributed by atoms with Crippen LogP contribution < -0.4 is 24.4 Å². The molecule has 0 N–H and O–H groups in total. The summed E-state index contributed by atoms with van der Waals surface area (Å²) < 4.78 is 27.8. The standard InChI is InChI=1S/C28H28O7S/c1-31-19-8-6-16(7-9-19)28(30)35-15-18-12-17-13-23(32-2)26(33-3)27(34-4)25(17)20-10-11-24(36-5)22(29)14-21(18)20/h6-11,13-14,18H,12,15H2,1-5H3/t18-/m1/s1. The normalized spacial score (nSPS) is 13.8. The molecule has 0 saturated carbocycles. The fraction of sp³-hybridized carbons (Fsp3) is 0.286. The van der Waals surface area contributed by atoms with E-state index in [0.29, 0.717) is 39.9 Å². The molecule has 188 valence electrons. The van der Waals surface area contributed by atoms with Crippen LogP contribution in [0.4, 0.5) is 0 Å². The molecule has 0 spiro atoms. The summed E-state index contributed by atoms with van der Waals surface area (Å²) in [5.74, 6) is 1.52. The Hall–Kier alpha value is -3.65. The summed E-state index contributed by atoms with van der Waals surface area (Å²) in [6, 6.07) is 14.0. The third-order valence-corrected chi connectivity index (χ3v) is 7.07. The van der Waals surface area contributed by atoms with Gasteiger partial charge in [-0.25, -0.2) is 4.79 Å². The zero-order chi connectivity index (χ0) is 25.8. The Bertz CT molecular complexity index is 1340. The monoisotopic (exact) mass is 508 g/mol. The molecule has 36 heavy (non-hydrogen) atoms. The summed E-state index contributed by atoms with van der Waals surface area (Å²) in [5, 5.41) is 0. The lowest BCUT2D eigenvalue weighted by Gasteiger charge is -2.29. The molecule has 0 aliphatic heterocycles. The summed E-state index contributed by atoms with van der Waals surface area (Å²) in [7, 11) is 6.28. The van der Waals surface area contributed by atoms with Gasteiger partial charge in [0.1, 0.15) is 5.75 Å². The van der Waals surface area contributed by atoms with E-state index < -0.39 is 5.97 Å². The number of methoxy groups -OCH3 is 4. The van der Waals surface area contributed by atoms with E-state index in [4.69, 9.17) is 23.7 Å². The predicted octanol–water partition coefficient (Wildman–Crippen LogP) is 4.97. The predicted molar refractivity (Wildman–Crippen MR) is 139 cm³/mol. The molecule has 0 amide bonds. The van der Waals surface area contributed by atoms with E-state index >= 15 is 0 Å². The van der Waals surface area contributed by atoms with Crippen LogP contribution >= 0.6 is 11.8 Å². The van der Waals surface area contributed by atoms with Gasteiger partial charge in [0.15, 0.2) is 16.9 Å². The number of hydrogen-bond acceptors (Lipinski definition) is 8. The highest BCUT2D eigenvalue weighted by atomic mass is 32.2. The fourth-order valence-corrected chi connectivity index (χ4v) is 5.00. The van der Waals surface area contributed by atoms with Gasteiger partial charge in [0.25, 0.3) is 0 Å². The van der Waals surface area contributed by atoms with Gasteiger partial charge in [-0.15, -0.1) is 11.8 Å². The third-order valence-electron chi connectivity index (χ3n) is 6.29. The van der Waals surface area contributed by atoms with Crippen LogP contribution in [-0.4, -0.2) is 47.3 Å². The first-order chi connectivity index (χ1) is 17.4. The molecule has 1 aliphatic rings. The molecule has 8 heteroatoms. The molecule has 0 unspecified atom stereocenters. The van der Waals surface area contributed by atoms with E-state index in [9.17, 15) is 9.59 Å². The van der Waals surface area contributed by atoms with Crippen molar-refractivity contribution >= 4 is 17.7 Å². The van der Waals surface area contributed by atoms with Gasteiger partial charge in [-0.1, -0.05) is 6.07 Å². The van der Waals surface area contributed by atoms with E-state index in [1.165, 1.54) is 11.8 Å². The van der Waals surface area contributed by atoms with Gasteiger partial charge in [-0.2, -0.15) is 0 Å². The van der Waals surface area contributed by atoms with Crippen LogP contribution in [0.5, 0.6) is 23.0 Å². The number of esters is 1. The van der Waals surface area contributed by atoms with Gasteiger partial charge in [-0.05, 0) is 71.8 Å². The van der Waals surface area contributed by atoms with Gasteiger partial charge < -0.3 is 23.7 Å². The van der Waals surface area contributed by atoms with Crippen molar-refractivity contribution in [2.45, 2.75) is 17.2 Å². The maximum Gasteiger partial charge on any atom is 0.338 e. The number of ether oxygens (including phenoxy) is 5. The van der Waals surface area contributed by atoms with Crippen molar-refractivity contribution in [2.24, 2.45) is 0 Å². The number of carbonyl (C=O) groups is 1. The lowest BCUT2D eigenvalue weighted by Crippen LogP contribution is -2.20. The maximum absolute atomic E-state index is 13.0. The zero-order valence-corrected chi connectivity index (χ0v) is 21.7. The summed E-state index contributed by atoms with van der Waals surface area (Å²) in [6.45, 7) is 0.103. The summed E-state index contributed by atoms with van der Waals surface area (Å²) >= 11 is 1.39. The van der Waals surface area contributed by atoms with Crippen LogP contribution in [0.1, 0.15) is 27.4 Å². The SMILES string of the molecule is COc1ccc(C(=O)OC[C@H]2Cc3cc(OC)c(OC)c(OC)c3-c3ccc(SC)c(=O)cc32)cc1. The molecule has 0 radical (unpaired) electrons. The average molecular weight is 509 g/mol. The van der Waals surface area contributed by atoms with Gasteiger partial charge in [-0.3, -0.25) is 4.79 Å². The van der Waals surface area contributed by atoms with E-state index in [1.807, 2.05) is 24.5 Å². The van der Waals surface area contributed by atoms with Crippen LogP contribution in [0.2, 0.25) is 0 Å². The molecule has 0 fully saturated rings. The first kappa shape index (κ1) is 25.4. The minimum atomic E-state index is -0.442. The summed E-state index contributed by atoms with van der Waals surface area (Å²) in [4.78, 5) is 26.4. The lowest BCUT2D eigenvalue weighted by molar-refractivity contribution is 0.0478. The molecule has 3 aromatic carbocycles. The molecule has 0 heterocycles. The molecule has 1 aliphatic carbocycles. The Kier molecular flexibility index (Phi) is 7.74. The van der Waals surface area contributed by atoms with Crippen LogP contribution in [-0.2, 0) is 11.2 Å². The van der Waals surface area contributed by atoms with Crippen LogP contribution in [0.3, 0.4) is 0 Å². The van der Waals surface area contributed by atoms with Crippen LogP contribution in [0.25, 0.3) is 11.1 Å². The highest BCUT2D eigenvalue weighted by molar-refractivity contribution is 7.98. The Morgan fingerprint density at radius 1 is 0.917 bits per heavy atom. The van der Waals surface area contributed by atoms with Crippen molar-refractivity contribution in [3.63, 3.8) is 0 Å². The molecule has 3 aromatic rings. The molecular weight excluding hydrogens is 480 g/mol. The Labute approximate surface area is 214 Å². The van der Waals surface area contributed by atoms with Crippen molar-refractivity contribution in [1.82, 2.24) is 0 Å². The van der Waals surface area contributed by atoms with Gasteiger partial charge >= 0.3 is 5.97 Å². The first-order valence-electron chi connectivity index (χ1n) is 11.3. The van der Waals surface area contributed by atoms with E-state index in [1.54, 1.807) is 58.8 Å². The summed E-state index contributed by atoms with van der Waals surface area (Å²) in [5.41, 5.74) is 3.75. The number of hydrogen-bond donors (Lipinski definition) is 0. The van der Waals surface area contributed by atoms with E-state index in [2.05, 4.69) is 0 Å². The van der Waals surface area contributed by atoms with E-state index in [-0.39, 0.29) is 18.0 Å². The molecule has 0 aromatic heterocycles. The van der Waals surface area contributed by atoms with Gasteiger partial charge in [0.05, 0.1) is 45.5 Å². The van der Waals surface area contributed by atoms with Crippen molar-refractivity contribution < 1.29 is 28.5 Å². The zero-order valence-electron chi connectivity index (χ0n) is 20.9. The lowest BCUT2D eigenvalue weighted by atomic mass is 9.79. The van der Waals surface area contributed by atoms with Crippen molar-refractivity contribution in [1.29, 1.82) is 0 Å². The molecule has 1 atom stereocenters. The quantitative estimate of drug-likeness (QED) is 0.312. The maximum atomic E-state index is 13.0. The molecule has 4 rings (SSSR count). The largest absolute Gasteiger partial charge is 0.497 e. The highest BCUT2D eigenvalue weighted by Gasteiger charge is 2.32. The second-order valence-corrected chi connectivity index (χ2v) is 9.03. The van der Waals surface area contributed by atoms with Crippen molar-refractivity contribution in [3.8, 4) is 34.1 Å². The third kappa shape index (κ3) is 4.73.